The quantitative estimate of drug-likeness (QED) is 0.374. The number of aromatic nitrogens is 2. The van der Waals surface area contributed by atoms with Gasteiger partial charge >= 0.3 is 0 Å². The molecule has 2 aromatic carbocycles. The van der Waals surface area contributed by atoms with Crippen LogP contribution in [0.5, 0.6) is 0 Å². The zero-order valence-corrected chi connectivity index (χ0v) is 21.0. The molecule has 3 heterocycles. The Bertz CT molecular complexity index is 1410. The van der Waals surface area contributed by atoms with Crippen LogP contribution in [0.4, 0.5) is 10.1 Å². The van der Waals surface area contributed by atoms with Crippen molar-refractivity contribution >= 4 is 45.7 Å². The van der Waals surface area contributed by atoms with E-state index in [1.807, 2.05) is 0 Å². The minimum atomic E-state index is -1.07. The number of carbonyl (C=O) groups is 1. The highest BCUT2D eigenvalue weighted by atomic mass is 35.5. The van der Waals surface area contributed by atoms with Crippen molar-refractivity contribution < 1.29 is 13.9 Å². The van der Waals surface area contributed by atoms with Gasteiger partial charge in [0, 0.05) is 43.6 Å². The third-order valence-electron chi connectivity index (χ3n) is 7.03. The summed E-state index contributed by atoms with van der Waals surface area (Å²) in [4.78, 5) is 31.9. The van der Waals surface area contributed by atoms with Crippen molar-refractivity contribution in [1.29, 1.82) is 0 Å². The van der Waals surface area contributed by atoms with Crippen LogP contribution in [-0.4, -0.2) is 46.7 Å². The first-order chi connectivity index (χ1) is 17.3. The van der Waals surface area contributed by atoms with Crippen LogP contribution in [0, 0.1) is 5.82 Å². The zero-order chi connectivity index (χ0) is 25.4. The number of nitrogens with one attached hydrogen (secondary N) is 1. The van der Waals surface area contributed by atoms with Gasteiger partial charge in [0.2, 0.25) is 5.91 Å². The third-order valence-corrected chi connectivity index (χ3v) is 7.83. The summed E-state index contributed by atoms with van der Waals surface area (Å²) in [7, 11) is 0. The molecule has 1 amide bonds. The van der Waals surface area contributed by atoms with Gasteiger partial charge in [-0.2, -0.15) is 0 Å². The molecule has 1 atom stereocenters. The van der Waals surface area contributed by atoms with Gasteiger partial charge in [0.1, 0.15) is 5.82 Å². The maximum atomic E-state index is 15.2. The fourth-order valence-electron chi connectivity index (χ4n) is 5.17. The smallest absolute Gasteiger partial charge is 0.261 e. The van der Waals surface area contributed by atoms with Crippen LogP contribution in [0.2, 0.25) is 10.0 Å². The Morgan fingerprint density at radius 3 is 2.78 bits per heavy atom. The van der Waals surface area contributed by atoms with Crippen LogP contribution in [0.1, 0.15) is 30.9 Å². The van der Waals surface area contributed by atoms with Crippen molar-refractivity contribution in [3.05, 3.63) is 81.1 Å². The molecule has 0 radical (unpaired) electrons. The van der Waals surface area contributed by atoms with Gasteiger partial charge in [-0.3, -0.25) is 14.2 Å². The predicted molar refractivity (Wildman–Crippen MR) is 138 cm³/mol. The molecule has 7 nitrogen and oxygen atoms in total. The number of halogens is 3. The molecule has 1 N–H and O–H groups in total. The number of rotatable bonds is 5. The molecule has 2 aliphatic rings. The Hall–Kier alpha value is -2.94. The maximum Gasteiger partial charge on any atom is 0.261 e. The summed E-state index contributed by atoms with van der Waals surface area (Å²) >= 11 is 12.8. The van der Waals surface area contributed by atoms with E-state index in [1.54, 1.807) is 34.0 Å². The van der Waals surface area contributed by atoms with E-state index < -0.39 is 11.4 Å². The highest BCUT2D eigenvalue weighted by Crippen LogP contribution is 2.43. The van der Waals surface area contributed by atoms with Crippen molar-refractivity contribution in [3.8, 4) is 0 Å². The molecule has 0 aliphatic carbocycles. The second-order valence-corrected chi connectivity index (χ2v) is 9.96. The van der Waals surface area contributed by atoms with Crippen LogP contribution in [-0.2, 0) is 15.1 Å². The van der Waals surface area contributed by atoms with Gasteiger partial charge in [0.15, 0.2) is 0 Å². The summed E-state index contributed by atoms with van der Waals surface area (Å²) in [5.74, 6) is -0.798. The summed E-state index contributed by atoms with van der Waals surface area (Å²) < 4.78 is 22.3. The minimum absolute atomic E-state index is 0.0266. The van der Waals surface area contributed by atoms with Crippen LogP contribution >= 0.6 is 23.2 Å². The van der Waals surface area contributed by atoms with E-state index in [9.17, 15) is 9.59 Å². The number of carbonyl (C=O) groups excluding carboxylic acids is 1. The van der Waals surface area contributed by atoms with Crippen molar-refractivity contribution in [2.45, 2.75) is 30.8 Å². The minimum Gasteiger partial charge on any atom is -0.381 e. The SMILES string of the molecule is C=CC(=O)N1CC[C@@](Nc2ccc3ncn(C4CCOCC4)c(=O)c3c2)(c2c(F)ccc(Cl)c2Cl)C1. The number of likely N-dealkylation sites (tertiary alicyclic amines) is 1. The lowest BCUT2D eigenvalue weighted by atomic mass is 9.87. The molecule has 2 aliphatic heterocycles. The van der Waals surface area contributed by atoms with Crippen molar-refractivity contribution in [3.63, 3.8) is 0 Å². The van der Waals surface area contributed by atoms with E-state index in [1.165, 1.54) is 18.2 Å². The average Bonchev–Trinajstić information content (AvgIpc) is 3.31. The first-order valence-electron chi connectivity index (χ1n) is 11.7. The Labute approximate surface area is 217 Å². The van der Waals surface area contributed by atoms with Gasteiger partial charge in [-0.1, -0.05) is 29.8 Å². The van der Waals surface area contributed by atoms with E-state index in [0.717, 1.165) is 12.8 Å². The summed E-state index contributed by atoms with van der Waals surface area (Å²) in [6.45, 7) is 5.28. The Balaban J connectivity index is 1.58. The van der Waals surface area contributed by atoms with Gasteiger partial charge in [0.25, 0.3) is 5.56 Å². The topological polar surface area (TPSA) is 76.5 Å². The Morgan fingerprint density at radius 1 is 1.25 bits per heavy atom. The lowest BCUT2D eigenvalue weighted by molar-refractivity contribution is -0.125. The molecule has 5 rings (SSSR count). The first-order valence-corrected chi connectivity index (χ1v) is 12.5. The molecule has 0 spiro atoms. The van der Waals surface area contributed by atoms with Crippen LogP contribution in [0.15, 0.2) is 54.1 Å². The Morgan fingerprint density at radius 2 is 2.03 bits per heavy atom. The first kappa shape index (κ1) is 24.7. The van der Waals surface area contributed by atoms with Gasteiger partial charge in [0.05, 0.1) is 32.8 Å². The lowest BCUT2D eigenvalue weighted by Crippen LogP contribution is -2.41. The number of anilines is 1. The highest BCUT2D eigenvalue weighted by Gasteiger charge is 2.44. The normalized spacial score (nSPS) is 20.6. The van der Waals surface area contributed by atoms with Crippen molar-refractivity contribution in [1.82, 2.24) is 14.5 Å². The zero-order valence-electron chi connectivity index (χ0n) is 19.5. The molecule has 2 fully saturated rings. The summed E-state index contributed by atoms with van der Waals surface area (Å²) in [6.07, 6.45) is 4.68. The van der Waals surface area contributed by atoms with E-state index in [0.29, 0.717) is 42.8 Å². The lowest BCUT2D eigenvalue weighted by Gasteiger charge is -2.33. The number of hydrogen-bond donors (Lipinski definition) is 1. The molecular formula is C26H25Cl2FN4O3. The Kier molecular flexibility index (Phi) is 6.76. The highest BCUT2D eigenvalue weighted by molar-refractivity contribution is 6.42. The van der Waals surface area contributed by atoms with Crippen molar-refractivity contribution in [2.75, 3.05) is 31.6 Å². The fraction of sp³-hybridized carbons (Fsp3) is 0.346. The maximum absolute atomic E-state index is 15.2. The van der Waals surface area contributed by atoms with E-state index in [4.69, 9.17) is 27.9 Å². The molecule has 0 bridgehead atoms. The summed E-state index contributed by atoms with van der Waals surface area (Å²) in [5, 5.41) is 4.14. The molecule has 0 unspecified atom stereocenters. The molecule has 3 aromatic rings. The van der Waals surface area contributed by atoms with E-state index in [2.05, 4.69) is 16.9 Å². The monoisotopic (exact) mass is 530 g/mol. The molecule has 10 heteroatoms. The van der Waals surface area contributed by atoms with Gasteiger partial charge in [-0.15, -0.1) is 0 Å². The molecular weight excluding hydrogens is 506 g/mol. The standard InChI is InChI=1S/C26H25Cl2FN4O3/c1-2-22(34)32-10-9-26(14-32,23-20(29)5-4-19(27)24(23)28)31-16-3-6-21-18(13-16)25(35)33(15-30-21)17-7-11-36-12-8-17/h2-6,13,15,17,31H,1,7-12,14H2/t26-/m0/s1. The third kappa shape index (κ3) is 4.38. The summed E-state index contributed by atoms with van der Waals surface area (Å²) in [6, 6.07) is 7.94. The van der Waals surface area contributed by atoms with Crippen LogP contribution in [0.25, 0.3) is 10.9 Å². The molecule has 1 aromatic heterocycles. The number of fused-ring (bicyclic) bond motifs is 1. The second kappa shape index (κ2) is 9.84. The number of amides is 1. The number of ether oxygens (including phenoxy) is 1. The molecule has 2 saturated heterocycles. The van der Waals surface area contributed by atoms with E-state index in [-0.39, 0.29) is 39.7 Å². The van der Waals surface area contributed by atoms with Crippen LogP contribution < -0.4 is 10.9 Å². The van der Waals surface area contributed by atoms with Crippen LogP contribution in [0.3, 0.4) is 0 Å². The number of benzene rings is 2. The summed E-state index contributed by atoms with van der Waals surface area (Å²) in [5.41, 5.74) is 0.105. The van der Waals surface area contributed by atoms with Gasteiger partial charge in [-0.25, -0.2) is 9.37 Å². The van der Waals surface area contributed by atoms with E-state index >= 15 is 4.39 Å². The largest absolute Gasteiger partial charge is 0.381 e. The molecule has 36 heavy (non-hydrogen) atoms. The number of hydrogen-bond acceptors (Lipinski definition) is 5. The van der Waals surface area contributed by atoms with Gasteiger partial charge in [-0.05, 0) is 55.7 Å². The van der Waals surface area contributed by atoms with Crippen molar-refractivity contribution in [2.24, 2.45) is 0 Å². The number of nitrogens with zero attached hydrogens (tertiary/aromatic N) is 3. The average molecular weight is 531 g/mol. The van der Waals surface area contributed by atoms with Gasteiger partial charge < -0.3 is 15.0 Å². The molecule has 0 saturated carbocycles. The fourth-order valence-corrected chi connectivity index (χ4v) is 5.67. The second-order valence-electron chi connectivity index (χ2n) is 9.17. The molecule has 188 valence electrons. The predicted octanol–water partition coefficient (Wildman–Crippen LogP) is 4.92.